The number of nitrogens with one attached hydrogen (secondary N) is 2. The second-order valence-electron chi connectivity index (χ2n) is 8.95. The topological polar surface area (TPSA) is 115 Å². The first-order valence-electron chi connectivity index (χ1n) is 11.8. The monoisotopic (exact) mass is 511 g/mol. The Morgan fingerprint density at radius 1 is 1.19 bits per heavy atom. The number of fused-ring (bicyclic) bond motifs is 1. The average Bonchev–Trinajstić information content (AvgIpc) is 3.55. The van der Waals surface area contributed by atoms with Crippen molar-refractivity contribution in [2.75, 3.05) is 5.73 Å². The minimum Gasteiger partial charge on any atom is -0.434 e. The average molecular weight is 512 g/mol. The van der Waals surface area contributed by atoms with E-state index in [0.29, 0.717) is 16.5 Å². The molecule has 8 nitrogen and oxygen atoms in total. The molecule has 4 N–H and O–H groups in total. The van der Waals surface area contributed by atoms with E-state index >= 15 is 0 Å². The highest BCUT2D eigenvalue weighted by Gasteiger charge is 2.24. The highest BCUT2D eigenvalue weighted by molar-refractivity contribution is 6.02. The van der Waals surface area contributed by atoms with E-state index < -0.39 is 24.1 Å². The number of anilines is 1. The first-order valence-corrected chi connectivity index (χ1v) is 11.8. The molecule has 0 aliphatic heterocycles. The quantitative estimate of drug-likeness (QED) is 0.331. The molecule has 0 spiro atoms. The number of halogens is 3. The number of nitrogen functional groups attached to an aromatic ring is 1. The lowest BCUT2D eigenvalue weighted by atomic mass is 10.0. The summed E-state index contributed by atoms with van der Waals surface area (Å²) in [7, 11) is 0. The van der Waals surface area contributed by atoms with E-state index in [4.69, 9.17) is 5.73 Å². The van der Waals surface area contributed by atoms with E-state index in [9.17, 15) is 22.8 Å². The van der Waals surface area contributed by atoms with Crippen molar-refractivity contribution in [3.05, 3.63) is 76.0 Å². The summed E-state index contributed by atoms with van der Waals surface area (Å²) >= 11 is 0. The van der Waals surface area contributed by atoms with Crippen LogP contribution in [0.15, 0.2) is 53.5 Å². The molecule has 2 aromatic heterocycles. The second kappa shape index (κ2) is 10.00. The molecule has 5 rings (SSSR count). The summed E-state index contributed by atoms with van der Waals surface area (Å²) in [6.07, 6.45) is 6.12. The molecule has 1 fully saturated rings. The van der Waals surface area contributed by atoms with Crippen molar-refractivity contribution in [3.63, 3.8) is 0 Å². The van der Waals surface area contributed by atoms with Gasteiger partial charge in [0.15, 0.2) is 5.82 Å². The molecule has 0 unspecified atom stereocenters. The van der Waals surface area contributed by atoms with Crippen molar-refractivity contribution < 1.29 is 22.7 Å². The van der Waals surface area contributed by atoms with Crippen molar-refractivity contribution in [1.29, 1.82) is 0 Å². The summed E-state index contributed by atoms with van der Waals surface area (Å²) in [4.78, 5) is 25.2. The number of ether oxygens (including phenoxy) is 1. The van der Waals surface area contributed by atoms with Gasteiger partial charge in [0.05, 0.1) is 10.9 Å². The number of H-pyrrole nitrogens is 1. The number of alkyl halides is 2. The molecule has 1 aliphatic rings. The molecule has 1 amide bonds. The van der Waals surface area contributed by atoms with Crippen molar-refractivity contribution in [2.45, 2.75) is 44.9 Å². The standard InChI is InChI=1S/C26H24F3N5O3/c27-16-9-10-20(37-26(28)29)18(11-16)24(35)31-12-14-5-7-15(8-6-14)19-13-34(17-3-1-2-4-17)22-21(19)23(30)32-33-25(22)36/h5-11,13,17,26H,1-4,12H2,(H2,30,32)(H,31,35)(H,33,36). The summed E-state index contributed by atoms with van der Waals surface area (Å²) in [5, 5.41) is 9.61. The first-order chi connectivity index (χ1) is 17.8. The number of aromatic amines is 1. The first kappa shape index (κ1) is 24.4. The van der Waals surface area contributed by atoms with Gasteiger partial charge >= 0.3 is 6.61 Å². The fourth-order valence-corrected chi connectivity index (χ4v) is 4.88. The fraction of sp³-hybridized carbons (Fsp3) is 0.269. The lowest BCUT2D eigenvalue weighted by Gasteiger charge is -2.12. The van der Waals surface area contributed by atoms with E-state index in [-0.39, 0.29) is 29.5 Å². The second-order valence-corrected chi connectivity index (χ2v) is 8.95. The number of nitrogens with zero attached hydrogens (tertiary/aromatic N) is 2. The van der Waals surface area contributed by atoms with Gasteiger partial charge in [-0.3, -0.25) is 9.59 Å². The van der Waals surface area contributed by atoms with Gasteiger partial charge in [0.25, 0.3) is 11.5 Å². The highest BCUT2D eigenvalue weighted by Crippen LogP contribution is 2.38. The van der Waals surface area contributed by atoms with Gasteiger partial charge in [0.2, 0.25) is 0 Å². The normalized spacial score (nSPS) is 13.9. The van der Waals surface area contributed by atoms with Gasteiger partial charge in [-0.25, -0.2) is 9.49 Å². The number of amides is 1. The molecule has 2 heterocycles. The smallest absolute Gasteiger partial charge is 0.387 e. The van der Waals surface area contributed by atoms with E-state index in [1.165, 1.54) is 0 Å². The number of benzene rings is 2. The van der Waals surface area contributed by atoms with Gasteiger partial charge in [-0.15, -0.1) is 0 Å². The Morgan fingerprint density at radius 3 is 2.62 bits per heavy atom. The lowest BCUT2D eigenvalue weighted by Crippen LogP contribution is -2.24. The SMILES string of the molecule is Nc1n[nH]c(=O)c2c1c(-c1ccc(CNC(=O)c3cc(F)ccc3OC(F)F)cc1)cn2C1CCCC1. The zero-order chi connectivity index (χ0) is 26.1. The third-order valence-electron chi connectivity index (χ3n) is 6.62. The Bertz CT molecular complexity index is 1510. The van der Waals surface area contributed by atoms with Crippen LogP contribution in [-0.4, -0.2) is 27.3 Å². The van der Waals surface area contributed by atoms with Gasteiger partial charge < -0.3 is 20.4 Å². The lowest BCUT2D eigenvalue weighted by molar-refractivity contribution is -0.0502. The van der Waals surface area contributed by atoms with E-state index in [0.717, 1.165) is 55.0 Å². The molecule has 0 radical (unpaired) electrons. The molecule has 1 saturated carbocycles. The van der Waals surface area contributed by atoms with Crippen molar-refractivity contribution in [3.8, 4) is 16.9 Å². The summed E-state index contributed by atoms with van der Waals surface area (Å²) in [5.74, 6) is -1.68. The van der Waals surface area contributed by atoms with E-state index in [2.05, 4.69) is 20.3 Å². The van der Waals surface area contributed by atoms with Gasteiger partial charge in [-0.05, 0) is 42.2 Å². The van der Waals surface area contributed by atoms with Crippen LogP contribution in [0.4, 0.5) is 19.0 Å². The fourth-order valence-electron chi connectivity index (χ4n) is 4.88. The van der Waals surface area contributed by atoms with Crippen LogP contribution in [0.3, 0.4) is 0 Å². The maximum Gasteiger partial charge on any atom is 0.387 e. The largest absolute Gasteiger partial charge is 0.434 e. The van der Waals surface area contributed by atoms with Crippen molar-refractivity contribution in [1.82, 2.24) is 20.1 Å². The van der Waals surface area contributed by atoms with Crippen LogP contribution in [0.5, 0.6) is 5.75 Å². The molecule has 1 aliphatic carbocycles. The highest BCUT2D eigenvalue weighted by atomic mass is 19.3. The number of rotatable bonds is 7. The van der Waals surface area contributed by atoms with Crippen molar-refractivity contribution in [2.24, 2.45) is 0 Å². The summed E-state index contributed by atoms with van der Waals surface area (Å²) in [5.41, 5.74) is 8.35. The van der Waals surface area contributed by atoms with Crippen LogP contribution in [0.25, 0.3) is 22.0 Å². The maximum atomic E-state index is 13.6. The van der Waals surface area contributed by atoms with E-state index in [1.807, 2.05) is 22.9 Å². The Balaban J connectivity index is 1.39. The number of hydrogen-bond donors (Lipinski definition) is 3. The molecule has 192 valence electrons. The third-order valence-corrected chi connectivity index (χ3v) is 6.62. The van der Waals surface area contributed by atoms with Crippen LogP contribution in [0, 0.1) is 5.82 Å². The number of nitrogens with two attached hydrogens (primary N) is 1. The van der Waals surface area contributed by atoms with Gasteiger partial charge in [0.1, 0.15) is 17.1 Å². The maximum absolute atomic E-state index is 13.6. The molecular weight excluding hydrogens is 487 g/mol. The van der Waals surface area contributed by atoms with Crippen molar-refractivity contribution >= 4 is 22.6 Å². The zero-order valence-corrected chi connectivity index (χ0v) is 19.6. The Morgan fingerprint density at radius 2 is 1.92 bits per heavy atom. The molecule has 4 aromatic rings. The van der Waals surface area contributed by atoms with Crippen LogP contribution in [0.2, 0.25) is 0 Å². The number of hydrogen-bond acceptors (Lipinski definition) is 5. The molecule has 0 bridgehead atoms. The third kappa shape index (κ3) is 4.89. The Hall–Kier alpha value is -4.28. The van der Waals surface area contributed by atoms with Crippen LogP contribution >= 0.6 is 0 Å². The zero-order valence-electron chi connectivity index (χ0n) is 19.6. The summed E-state index contributed by atoms with van der Waals surface area (Å²) < 4.78 is 45.2. The van der Waals surface area contributed by atoms with Crippen LogP contribution in [0.1, 0.15) is 47.6 Å². The van der Waals surface area contributed by atoms with Gasteiger partial charge in [0, 0.05) is 24.3 Å². The molecule has 11 heteroatoms. The summed E-state index contributed by atoms with van der Waals surface area (Å²) in [6.45, 7) is -3.08. The Labute approximate surface area is 209 Å². The number of aromatic nitrogens is 3. The summed E-state index contributed by atoms with van der Waals surface area (Å²) in [6, 6.07) is 10.2. The van der Waals surface area contributed by atoms with Crippen LogP contribution in [-0.2, 0) is 6.54 Å². The molecule has 0 atom stereocenters. The number of carbonyl (C=O) groups is 1. The Kier molecular flexibility index (Phi) is 6.60. The molecule has 0 saturated heterocycles. The molecule has 37 heavy (non-hydrogen) atoms. The molecule has 2 aromatic carbocycles. The number of carbonyl (C=O) groups excluding carboxylic acids is 1. The minimum atomic E-state index is -3.15. The van der Waals surface area contributed by atoms with Crippen LogP contribution < -0.4 is 21.3 Å². The predicted octanol–water partition coefficient (Wildman–Crippen LogP) is 4.76. The minimum absolute atomic E-state index is 0.0664. The van der Waals surface area contributed by atoms with Gasteiger partial charge in [-0.2, -0.15) is 13.9 Å². The molecular formula is C26H24F3N5O3. The predicted molar refractivity (Wildman–Crippen MR) is 132 cm³/mol. The van der Waals surface area contributed by atoms with E-state index in [1.54, 1.807) is 12.1 Å². The van der Waals surface area contributed by atoms with Gasteiger partial charge in [-0.1, -0.05) is 37.1 Å².